The van der Waals surface area contributed by atoms with E-state index in [-0.39, 0.29) is 6.10 Å². The molecule has 0 aromatic heterocycles. The van der Waals surface area contributed by atoms with Crippen molar-refractivity contribution >= 4 is 31.9 Å². The Kier molecular flexibility index (Phi) is 8.86. The fourth-order valence-electron chi connectivity index (χ4n) is 1.79. The molecule has 0 aliphatic rings. The van der Waals surface area contributed by atoms with Gasteiger partial charge in [-0.3, -0.25) is 0 Å². The topological polar surface area (TPSA) is 30.5 Å². The number of nitrogens with one attached hydrogen (secondary N) is 1. The summed E-state index contributed by atoms with van der Waals surface area (Å²) in [6.07, 6.45) is 0.231. The highest BCUT2D eigenvalue weighted by atomic mass is 79.9. The van der Waals surface area contributed by atoms with E-state index in [4.69, 9.17) is 9.47 Å². The maximum Gasteiger partial charge on any atom is 0.147 e. The molecule has 5 heteroatoms. The van der Waals surface area contributed by atoms with Gasteiger partial charge >= 0.3 is 0 Å². The summed E-state index contributed by atoms with van der Waals surface area (Å²) in [7, 11) is 0. The van der Waals surface area contributed by atoms with E-state index < -0.39 is 0 Å². The molecule has 0 heterocycles. The van der Waals surface area contributed by atoms with E-state index in [1.165, 1.54) is 5.56 Å². The predicted octanol–water partition coefficient (Wildman–Crippen LogP) is 4.76. The minimum atomic E-state index is 0.231. The Bertz CT molecular complexity index is 413. The molecule has 1 N–H and O–H groups in total. The molecule has 0 spiro atoms. The van der Waals surface area contributed by atoms with Crippen LogP contribution in [0, 0.1) is 5.92 Å². The molecular formula is C16H25Br2NO2. The third-order valence-corrected chi connectivity index (χ3v) is 3.90. The van der Waals surface area contributed by atoms with E-state index in [1.54, 1.807) is 0 Å². The first-order chi connectivity index (χ1) is 9.90. The van der Waals surface area contributed by atoms with Crippen LogP contribution < -0.4 is 10.1 Å². The Morgan fingerprint density at radius 2 is 1.67 bits per heavy atom. The van der Waals surface area contributed by atoms with E-state index in [2.05, 4.69) is 63.2 Å². The second-order valence-corrected chi connectivity index (χ2v) is 7.39. The van der Waals surface area contributed by atoms with Gasteiger partial charge in [0.15, 0.2) is 0 Å². The smallest absolute Gasteiger partial charge is 0.147 e. The van der Waals surface area contributed by atoms with E-state index in [0.717, 1.165) is 27.8 Å². The average molecular weight is 423 g/mol. The first kappa shape index (κ1) is 18.9. The molecule has 0 aliphatic carbocycles. The van der Waals surface area contributed by atoms with Gasteiger partial charge in [-0.2, -0.15) is 0 Å². The lowest BCUT2D eigenvalue weighted by molar-refractivity contribution is 0.0549. The molecule has 0 bridgehead atoms. The third kappa shape index (κ3) is 7.63. The third-order valence-electron chi connectivity index (χ3n) is 2.72. The highest BCUT2D eigenvalue weighted by Gasteiger charge is 2.09. The standard InChI is InChI=1S/C16H25Br2NO2/c1-11(2)9-19-10-13-7-14(17)16(15(18)8-13)21-6-5-20-12(3)4/h7-8,11-12,19H,5-6,9-10H2,1-4H3. The van der Waals surface area contributed by atoms with Gasteiger partial charge in [0.25, 0.3) is 0 Å². The minimum absolute atomic E-state index is 0.231. The molecule has 0 unspecified atom stereocenters. The van der Waals surface area contributed by atoms with Gasteiger partial charge in [-0.1, -0.05) is 13.8 Å². The van der Waals surface area contributed by atoms with Crippen molar-refractivity contribution < 1.29 is 9.47 Å². The molecule has 1 aromatic carbocycles. The molecule has 0 saturated carbocycles. The first-order valence-corrected chi connectivity index (χ1v) is 8.91. The van der Waals surface area contributed by atoms with Crippen LogP contribution in [-0.4, -0.2) is 25.9 Å². The lowest BCUT2D eigenvalue weighted by Gasteiger charge is -2.14. The molecule has 0 aliphatic heterocycles. The van der Waals surface area contributed by atoms with Crippen LogP contribution in [0.5, 0.6) is 5.75 Å². The van der Waals surface area contributed by atoms with Gasteiger partial charge in [-0.25, -0.2) is 0 Å². The van der Waals surface area contributed by atoms with E-state index >= 15 is 0 Å². The Balaban J connectivity index is 2.54. The van der Waals surface area contributed by atoms with Gasteiger partial charge in [0, 0.05) is 6.54 Å². The van der Waals surface area contributed by atoms with Crippen molar-refractivity contribution in [3.05, 3.63) is 26.6 Å². The average Bonchev–Trinajstić information content (AvgIpc) is 2.36. The summed E-state index contributed by atoms with van der Waals surface area (Å²) in [5.74, 6) is 1.48. The summed E-state index contributed by atoms with van der Waals surface area (Å²) >= 11 is 7.15. The quantitative estimate of drug-likeness (QED) is 0.582. The minimum Gasteiger partial charge on any atom is -0.489 e. The lowest BCUT2D eigenvalue weighted by atomic mass is 10.2. The number of hydrogen-bond acceptors (Lipinski definition) is 3. The zero-order chi connectivity index (χ0) is 15.8. The molecule has 21 heavy (non-hydrogen) atoms. The van der Waals surface area contributed by atoms with Crippen LogP contribution in [0.1, 0.15) is 33.3 Å². The summed E-state index contributed by atoms with van der Waals surface area (Å²) in [5, 5.41) is 3.44. The number of benzene rings is 1. The fraction of sp³-hybridized carbons (Fsp3) is 0.625. The van der Waals surface area contributed by atoms with Gasteiger partial charge in [-0.05, 0) is 75.9 Å². The molecule has 120 valence electrons. The first-order valence-electron chi connectivity index (χ1n) is 7.33. The number of ether oxygens (including phenoxy) is 2. The van der Waals surface area contributed by atoms with Gasteiger partial charge in [0.05, 0.1) is 21.7 Å². The van der Waals surface area contributed by atoms with Gasteiger partial charge in [0.2, 0.25) is 0 Å². The van der Waals surface area contributed by atoms with Crippen molar-refractivity contribution in [3.8, 4) is 5.75 Å². The van der Waals surface area contributed by atoms with Crippen LogP contribution in [0.2, 0.25) is 0 Å². The van der Waals surface area contributed by atoms with Gasteiger partial charge < -0.3 is 14.8 Å². The SMILES string of the molecule is CC(C)CNCc1cc(Br)c(OCCOC(C)C)c(Br)c1. The fourth-order valence-corrected chi connectivity index (χ4v) is 3.30. The molecule has 0 atom stereocenters. The summed E-state index contributed by atoms with van der Waals surface area (Å²) in [6, 6.07) is 4.19. The van der Waals surface area contributed by atoms with Crippen LogP contribution in [0.4, 0.5) is 0 Å². The Morgan fingerprint density at radius 1 is 1.05 bits per heavy atom. The highest BCUT2D eigenvalue weighted by molar-refractivity contribution is 9.11. The second-order valence-electron chi connectivity index (χ2n) is 5.68. The molecule has 1 aromatic rings. The largest absolute Gasteiger partial charge is 0.489 e. The number of rotatable bonds is 9. The summed E-state index contributed by atoms with van der Waals surface area (Å²) in [4.78, 5) is 0. The summed E-state index contributed by atoms with van der Waals surface area (Å²) in [5.41, 5.74) is 1.22. The van der Waals surface area contributed by atoms with E-state index in [9.17, 15) is 0 Å². The van der Waals surface area contributed by atoms with Crippen molar-refractivity contribution in [2.75, 3.05) is 19.8 Å². The monoisotopic (exact) mass is 421 g/mol. The van der Waals surface area contributed by atoms with Crippen LogP contribution in [-0.2, 0) is 11.3 Å². The van der Waals surface area contributed by atoms with Crippen LogP contribution in [0.15, 0.2) is 21.1 Å². The molecule has 0 saturated heterocycles. The zero-order valence-electron chi connectivity index (χ0n) is 13.2. The summed E-state index contributed by atoms with van der Waals surface area (Å²) in [6.45, 7) is 11.4. The van der Waals surface area contributed by atoms with Crippen LogP contribution in [0.25, 0.3) is 0 Å². The van der Waals surface area contributed by atoms with Crippen molar-refractivity contribution in [2.45, 2.75) is 40.3 Å². The van der Waals surface area contributed by atoms with E-state index in [1.807, 2.05) is 13.8 Å². The zero-order valence-corrected chi connectivity index (χ0v) is 16.4. The van der Waals surface area contributed by atoms with Crippen LogP contribution >= 0.6 is 31.9 Å². The van der Waals surface area contributed by atoms with Crippen LogP contribution in [0.3, 0.4) is 0 Å². The highest BCUT2D eigenvalue weighted by Crippen LogP contribution is 2.34. The molecule has 0 radical (unpaired) electrons. The Morgan fingerprint density at radius 3 is 2.19 bits per heavy atom. The van der Waals surface area contributed by atoms with Crippen molar-refractivity contribution in [3.63, 3.8) is 0 Å². The van der Waals surface area contributed by atoms with Crippen molar-refractivity contribution in [1.82, 2.24) is 5.32 Å². The number of halogens is 2. The maximum atomic E-state index is 5.78. The Hall–Kier alpha value is -0.100. The normalized spacial score (nSPS) is 11.4. The van der Waals surface area contributed by atoms with Crippen molar-refractivity contribution in [1.29, 1.82) is 0 Å². The molecular weight excluding hydrogens is 398 g/mol. The van der Waals surface area contributed by atoms with E-state index in [0.29, 0.717) is 19.1 Å². The summed E-state index contributed by atoms with van der Waals surface area (Å²) < 4.78 is 13.2. The predicted molar refractivity (Wildman–Crippen MR) is 95.0 cm³/mol. The molecule has 1 rings (SSSR count). The maximum absolute atomic E-state index is 5.78. The second kappa shape index (κ2) is 9.82. The van der Waals surface area contributed by atoms with Crippen molar-refractivity contribution in [2.24, 2.45) is 5.92 Å². The Labute approximate surface area is 145 Å². The lowest BCUT2D eigenvalue weighted by Crippen LogP contribution is -2.19. The van der Waals surface area contributed by atoms with Gasteiger partial charge in [0.1, 0.15) is 12.4 Å². The molecule has 0 amide bonds. The molecule has 0 fully saturated rings. The van der Waals surface area contributed by atoms with Gasteiger partial charge in [-0.15, -0.1) is 0 Å². The molecule has 3 nitrogen and oxygen atoms in total. The number of hydrogen-bond donors (Lipinski definition) is 1.